The highest BCUT2D eigenvalue weighted by atomic mass is 19.4. The minimum atomic E-state index is -4.42. The third-order valence-electron chi connectivity index (χ3n) is 4.58. The van der Waals surface area contributed by atoms with Crippen molar-refractivity contribution >= 4 is 34.2 Å². The molecule has 0 saturated carbocycles. The summed E-state index contributed by atoms with van der Waals surface area (Å²) in [6.45, 7) is 0. The van der Waals surface area contributed by atoms with Crippen LogP contribution in [0.15, 0.2) is 70.2 Å². The zero-order chi connectivity index (χ0) is 21.4. The average Bonchev–Trinajstić information content (AvgIpc) is 3.37. The molecule has 0 atom stereocenters. The van der Waals surface area contributed by atoms with Crippen LogP contribution in [0.4, 0.5) is 19.1 Å². The van der Waals surface area contributed by atoms with Crippen LogP contribution < -0.4 is 5.43 Å². The number of hydrogen-bond donors (Lipinski definition) is 2. The number of furan rings is 1. The fourth-order valence-electron chi connectivity index (χ4n) is 3.15. The Morgan fingerprint density at radius 1 is 1.00 bits per heavy atom. The monoisotopic (exact) mass is 422 g/mol. The van der Waals surface area contributed by atoms with Crippen molar-refractivity contribution in [3.05, 3.63) is 72.0 Å². The van der Waals surface area contributed by atoms with E-state index in [2.05, 4.69) is 30.7 Å². The maximum Gasteiger partial charge on any atom is 0.416 e. The molecule has 0 spiro atoms. The third kappa shape index (κ3) is 3.70. The number of benzene rings is 2. The molecule has 0 fully saturated rings. The first kappa shape index (κ1) is 18.8. The Hall–Kier alpha value is -4.21. The van der Waals surface area contributed by atoms with E-state index in [9.17, 15) is 13.2 Å². The summed E-state index contributed by atoms with van der Waals surface area (Å²) >= 11 is 0. The van der Waals surface area contributed by atoms with Crippen LogP contribution in [0, 0.1) is 0 Å². The molecule has 2 aromatic carbocycles. The minimum Gasteiger partial charge on any atom is -0.455 e. The number of aromatic amines is 1. The molecule has 154 valence electrons. The predicted molar refractivity (Wildman–Crippen MR) is 110 cm³/mol. The third-order valence-corrected chi connectivity index (χ3v) is 4.58. The van der Waals surface area contributed by atoms with Crippen LogP contribution in [0.3, 0.4) is 0 Å². The lowest BCUT2D eigenvalue weighted by molar-refractivity contribution is -0.137. The lowest BCUT2D eigenvalue weighted by Gasteiger charge is -2.07. The van der Waals surface area contributed by atoms with Crippen LogP contribution in [-0.4, -0.2) is 26.4 Å². The number of halogens is 3. The van der Waals surface area contributed by atoms with Gasteiger partial charge in [0, 0.05) is 16.5 Å². The van der Waals surface area contributed by atoms with E-state index in [0.717, 1.165) is 23.0 Å². The van der Waals surface area contributed by atoms with E-state index in [-0.39, 0.29) is 5.95 Å². The van der Waals surface area contributed by atoms with Gasteiger partial charge in [-0.25, -0.2) is 5.43 Å². The van der Waals surface area contributed by atoms with Gasteiger partial charge in [0.25, 0.3) is 5.95 Å². The highest BCUT2D eigenvalue weighted by molar-refractivity contribution is 6.03. The fraction of sp³-hybridized carbons (Fsp3) is 0.0476. The molecule has 0 unspecified atom stereocenters. The van der Waals surface area contributed by atoms with Crippen molar-refractivity contribution < 1.29 is 17.6 Å². The second-order valence-corrected chi connectivity index (χ2v) is 6.65. The molecule has 2 N–H and O–H groups in total. The second kappa shape index (κ2) is 7.24. The fourth-order valence-corrected chi connectivity index (χ4v) is 3.15. The molecule has 10 heteroatoms. The van der Waals surface area contributed by atoms with Gasteiger partial charge >= 0.3 is 6.18 Å². The predicted octanol–water partition coefficient (Wildman–Crippen LogP) is 5.23. The number of nitrogens with zero attached hydrogens (tertiary/aromatic N) is 4. The molecule has 7 nitrogen and oxygen atoms in total. The van der Waals surface area contributed by atoms with E-state index in [0.29, 0.717) is 28.2 Å². The van der Waals surface area contributed by atoms with Crippen molar-refractivity contribution in [1.29, 1.82) is 0 Å². The maximum atomic E-state index is 12.9. The molecule has 5 rings (SSSR count). The lowest BCUT2D eigenvalue weighted by atomic mass is 10.1. The number of nitrogens with one attached hydrogen (secondary N) is 2. The number of hydrazone groups is 1. The summed E-state index contributed by atoms with van der Waals surface area (Å²) in [4.78, 5) is 7.50. The first-order valence-corrected chi connectivity index (χ1v) is 9.15. The number of H-pyrrole nitrogens is 1. The van der Waals surface area contributed by atoms with Crippen LogP contribution in [0.2, 0.25) is 0 Å². The molecule has 0 aliphatic carbocycles. The van der Waals surface area contributed by atoms with Crippen LogP contribution in [0.5, 0.6) is 0 Å². The van der Waals surface area contributed by atoms with Gasteiger partial charge in [0.15, 0.2) is 5.65 Å². The van der Waals surface area contributed by atoms with E-state index in [1.165, 1.54) is 12.3 Å². The summed E-state index contributed by atoms with van der Waals surface area (Å²) in [5, 5.41) is 13.1. The van der Waals surface area contributed by atoms with Gasteiger partial charge in [0.2, 0.25) is 0 Å². The summed E-state index contributed by atoms with van der Waals surface area (Å²) in [7, 11) is 0. The Bertz CT molecular complexity index is 1420. The molecule has 31 heavy (non-hydrogen) atoms. The van der Waals surface area contributed by atoms with E-state index < -0.39 is 11.7 Å². The van der Waals surface area contributed by atoms with Gasteiger partial charge in [-0.3, -0.25) is 0 Å². The topological polar surface area (TPSA) is 92.0 Å². The smallest absolute Gasteiger partial charge is 0.416 e. The molecular formula is C21H13F3N6O. The van der Waals surface area contributed by atoms with Gasteiger partial charge in [-0.05, 0) is 30.3 Å². The molecule has 3 heterocycles. The molecule has 0 aliphatic rings. The van der Waals surface area contributed by atoms with E-state index >= 15 is 0 Å². The minimum absolute atomic E-state index is 0.181. The SMILES string of the molecule is FC(F)(F)c1cccc(-c2ccc(C=NNc3nnc4c(n3)[nH]c3ccccc34)o2)c1. The Morgan fingerprint density at radius 3 is 2.74 bits per heavy atom. The summed E-state index contributed by atoms with van der Waals surface area (Å²) in [5.74, 6) is 0.824. The van der Waals surface area contributed by atoms with Crippen molar-refractivity contribution in [3.8, 4) is 11.3 Å². The Balaban J connectivity index is 1.33. The van der Waals surface area contributed by atoms with Crippen molar-refractivity contribution in [2.24, 2.45) is 5.10 Å². The largest absolute Gasteiger partial charge is 0.455 e. The number of para-hydroxylation sites is 1. The lowest BCUT2D eigenvalue weighted by Crippen LogP contribution is -2.04. The summed E-state index contributed by atoms with van der Waals surface area (Å²) < 4.78 is 44.3. The number of fused-ring (bicyclic) bond motifs is 3. The molecule has 0 saturated heterocycles. The maximum absolute atomic E-state index is 12.9. The second-order valence-electron chi connectivity index (χ2n) is 6.65. The van der Waals surface area contributed by atoms with Gasteiger partial charge in [-0.15, -0.1) is 10.2 Å². The molecule has 0 aliphatic heterocycles. The normalized spacial score (nSPS) is 12.2. The van der Waals surface area contributed by atoms with E-state index in [4.69, 9.17) is 4.42 Å². The van der Waals surface area contributed by atoms with Gasteiger partial charge in [0.1, 0.15) is 17.0 Å². The van der Waals surface area contributed by atoms with Crippen LogP contribution in [0.1, 0.15) is 11.3 Å². The molecular weight excluding hydrogens is 409 g/mol. The Kier molecular flexibility index (Phi) is 4.39. The summed E-state index contributed by atoms with van der Waals surface area (Å²) in [6.07, 6.45) is -3.05. The quantitative estimate of drug-likeness (QED) is 0.306. The Morgan fingerprint density at radius 2 is 1.87 bits per heavy atom. The Labute approximate surface area is 172 Å². The molecule has 0 bridgehead atoms. The molecule has 0 amide bonds. The van der Waals surface area contributed by atoms with E-state index in [1.54, 1.807) is 18.2 Å². The van der Waals surface area contributed by atoms with Gasteiger partial charge in [-0.1, -0.05) is 30.3 Å². The van der Waals surface area contributed by atoms with Crippen molar-refractivity contribution in [3.63, 3.8) is 0 Å². The zero-order valence-electron chi connectivity index (χ0n) is 15.7. The van der Waals surface area contributed by atoms with Gasteiger partial charge < -0.3 is 9.40 Å². The molecule has 0 radical (unpaired) electrons. The number of anilines is 1. The van der Waals surface area contributed by atoms with Crippen LogP contribution in [0.25, 0.3) is 33.4 Å². The molecule has 3 aromatic heterocycles. The van der Waals surface area contributed by atoms with Crippen LogP contribution in [-0.2, 0) is 6.18 Å². The molecule has 5 aromatic rings. The first-order chi connectivity index (χ1) is 15.0. The standard InChI is InChI=1S/C21H13F3N6O/c22-21(23,24)13-5-3-4-12(10-13)17-9-8-14(31-17)11-25-29-20-27-19-18(28-30-20)15-6-1-2-7-16(15)26-19/h1-11H,(H2,26,27,29,30). The zero-order valence-corrected chi connectivity index (χ0v) is 15.7. The first-order valence-electron chi connectivity index (χ1n) is 9.15. The number of hydrogen-bond acceptors (Lipinski definition) is 6. The highest BCUT2D eigenvalue weighted by Crippen LogP contribution is 2.32. The van der Waals surface area contributed by atoms with E-state index in [1.807, 2.05) is 24.3 Å². The number of alkyl halides is 3. The van der Waals surface area contributed by atoms with Crippen molar-refractivity contribution in [2.75, 3.05) is 5.43 Å². The highest BCUT2D eigenvalue weighted by Gasteiger charge is 2.30. The van der Waals surface area contributed by atoms with Crippen LogP contribution >= 0.6 is 0 Å². The van der Waals surface area contributed by atoms with Gasteiger partial charge in [-0.2, -0.15) is 23.3 Å². The van der Waals surface area contributed by atoms with Gasteiger partial charge in [0.05, 0.1) is 11.8 Å². The average molecular weight is 422 g/mol. The van der Waals surface area contributed by atoms with Crippen molar-refractivity contribution in [1.82, 2.24) is 20.2 Å². The number of aromatic nitrogens is 4. The van der Waals surface area contributed by atoms with Crippen molar-refractivity contribution in [2.45, 2.75) is 6.18 Å². The summed E-state index contributed by atoms with van der Waals surface area (Å²) in [6, 6.07) is 15.8. The number of rotatable bonds is 4. The summed E-state index contributed by atoms with van der Waals surface area (Å²) in [5.41, 5.74) is 4.37.